The Hall–Kier alpha value is -3.40. The number of H-pyrrole nitrogens is 1. The van der Waals surface area contributed by atoms with Gasteiger partial charge in [0.1, 0.15) is 5.52 Å². The van der Waals surface area contributed by atoms with Gasteiger partial charge in [0, 0.05) is 27.5 Å². The highest BCUT2D eigenvalue weighted by Gasteiger charge is 2.09. The van der Waals surface area contributed by atoms with E-state index in [9.17, 15) is 10.1 Å². The number of hydrogen-bond donors (Lipinski definition) is 2. The summed E-state index contributed by atoms with van der Waals surface area (Å²) in [5, 5.41) is 23.8. The molecule has 0 bridgehead atoms. The Kier molecular flexibility index (Phi) is 4.01. The first-order chi connectivity index (χ1) is 12.6. The third kappa shape index (κ3) is 3.09. The lowest BCUT2D eigenvalue weighted by molar-refractivity contribution is -0.384. The molecule has 2 aromatic heterocycles. The van der Waals surface area contributed by atoms with Crippen molar-refractivity contribution in [2.75, 3.05) is 5.43 Å². The molecule has 128 valence electrons. The number of hydrazone groups is 1. The minimum absolute atomic E-state index is 0.0264. The van der Waals surface area contributed by atoms with Crippen molar-refractivity contribution in [1.29, 1.82) is 0 Å². The van der Waals surface area contributed by atoms with Gasteiger partial charge in [-0.15, -0.1) is 10.2 Å². The molecule has 0 saturated carbocycles. The summed E-state index contributed by atoms with van der Waals surface area (Å²) >= 11 is 3.43. The Bertz CT molecular complexity index is 1150. The van der Waals surface area contributed by atoms with E-state index in [2.05, 4.69) is 46.6 Å². The van der Waals surface area contributed by atoms with Crippen LogP contribution in [0.3, 0.4) is 0 Å². The van der Waals surface area contributed by atoms with Gasteiger partial charge in [-0.1, -0.05) is 15.9 Å². The molecular weight excluding hydrogens is 402 g/mol. The molecule has 4 rings (SSSR count). The van der Waals surface area contributed by atoms with E-state index in [0.29, 0.717) is 16.7 Å². The second-order valence-corrected chi connectivity index (χ2v) is 6.28. The SMILES string of the molecule is O=[N+]([O-])c1ccc(C=NNc2nnc3c(n2)[nH]c2ccc(Br)cc23)cc1. The van der Waals surface area contributed by atoms with Crippen LogP contribution in [0.5, 0.6) is 0 Å². The van der Waals surface area contributed by atoms with Crippen LogP contribution in [0.15, 0.2) is 52.0 Å². The van der Waals surface area contributed by atoms with Crippen molar-refractivity contribution >= 4 is 55.8 Å². The number of non-ortho nitro benzene ring substituents is 1. The largest absolute Gasteiger partial charge is 0.338 e. The van der Waals surface area contributed by atoms with Crippen LogP contribution in [-0.4, -0.2) is 31.3 Å². The maximum atomic E-state index is 10.6. The van der Waals surface area contributed by atoms with Crippen LogP contribution in [0.25, 0.3) is 22.1 Å². The van der Waals surface area contributed by atoms with Crippen LogP contribution in [0.2, 0.25) is 0 Å². The summed E-state index contributed by atoms with van der Waals surface area (Å²) in [4.78, 5) is 17.7. The standard InChI is InChI=1S/C16H10BrN7O2/c17-10-3-6-13-12(7-10)14-15(19-13)20-16(23-21-14)22-18-8-9-1-4-11(5-2-9)24(25)26/h1-8H,(H2,19,20,22,23). The van der Waals surface area contributed by atoms with Crippen LogP contribution < -0.4 is 5.43 Å². The highest BCUT2D eigenvalue weighted by Crippen LogP contribution is 2.25. The highest BCUT2D eigenvalue weighted by molar-refractivity contribution is 9.10. The molecule has 0 atom stereocenters. The van der Waals surface area contributed by atoms with Crippen molar-refractivity contribution in [2.24, 2.45) is 5.10 Å². The lowest BCUT2D eigenvalue weighted by atomic mass is 10.2. The number of hydrogen-bond acceptors (Lipinski definition) is 7. The second kappa shape index (κ2) is 6.48. The van der Waals surface area contributed by atoms with E-state index in [4.69, 9.17) is 0 Å². The second-order valence-electron chi connectivity index (χ2n) is 5.37. The molecular formula is C16H10BrN7O2. The smallest absolute Gasteiger partial charge is 0.269 e. The number of aromatic amines is 1. The van der Waals surface area contributed by atoms with Crippen LogP contribution in [0.1, 0.15) is 5.56 Å². The number of rotatable bonds is 4. The van der Waals surface area contributed by atoms with E-state index in [1.807, 2.05) is 18.2 Å². The van der Waals surface area contributed by atoms with Gasteiger partial charge in [-0.3, -0.25) is 10.1 Å². The molecule has 0 fully saturated rings. The van der Waals surface area contributed by atoms with Gasteiger partial charge >= 0.3 is 0 Å². The Balaban J connectivity index is 1.55. The molecule has 2 heterocycles. The first-order valence-electron chi connectivity index (χ1n) is 7.45. The third-order valence-corrected chi connectivity index (χ3v) is 4.15. The summed E-state index contributed by atoms with van der Waals surface area (Å²) in [6.45, 7) is 0. The van der Waals surface area contributed by atoms with Gasteiger partial charge < -0.3 is 4.98 Å². The normalized spacial score (nSPS) is 11.4. The number of nitro benzene ring substituents is 1. The summed E-state index contributed by atoms with van der Waals surface area (Å²) in [6.07, 6.45) is 1.51. The summed E-state index contributed by atoms with van der Waals surface area (Å²) < 4.78 is 0.947. The van der Waals surface area contributed by atoms with Crippen LogP contribution >= 0.6 is 15.9 Å². The molecule has 0 radical (unpaired) electrons. The van der Waals surface area contributed by atoms with E-state index >= 15 is 0 Å². The van der Waals surface area contributed by atoms with Gasteiger partial charge in [-0.25, -0.2) is 5.43 Å². The molecule has 10 heteroatoms. The average Bonchev–Trinajstić information content (AvgIpc) is 2.99. The minimum Gasteiger partial charge on any atom is -0.338 e. The topological polar surface area (TPSA) is 122 Å². The molecule has 0 aliphatic heterocycles. The molecule has 0 unspecified atom stereocenters. The summed E-state index contributed by atoms with van der Waals surface area (Å²) in [6, 6.07) is 11.8. The number of nitro groups is 1. The Morgan fingerprint density at radius 2 is 2.00 bits per heavy atom. The van der Waals surface area contributed by atoms with Crippen molar-refractivity contribution in [3.05, 3.63) is 62.6 Å². The number of halogens is 1. The fourth-order valence-corrected chi connectivity index (χ4v) is 2.80. The van der Waals surface area contributed by atoms with Gasteiger partial charge in [-0.05, 0) is 35.9 Å². The molecule has 0 saturated heterocycles. The number of aromatic nitrogens is 4. The Morgan fingerprint density at radius 3 is 2.77 bits per heavy atom. The first-order valence-corrected chi connectivity index (χ1v) is 8.25. The average molecular weight is 412 g/mol. The number of nitrogens with zero attached hydrogens (tertiary/aromatic N) is 5. The predicted molar refractivity (Wildman–Crippen MR) is 101 cm³/mol. The van der Waals surface area contributed by atoms with Crippen molar-refractivity contribution in [3.63, 3.8) is 0 Å². The zero-order valence-electron chi connectivity index (χ0n) is 13.0. The number of anilines is 1. The van der Waals surface area contributed by atoms with E-state index in [-0.39, 0.29) is 11.6 Å². The zero-order chi connectivity index (χ0) is 18.1. The van der Waals surface area contributed by atoms with Crippen LogP contribution in [-0.2, 0) is 0 Å². The van der Waals surface area contributed by atoms with Gasteiger partial charge in [0.2, 0.25) is 0 Å². The van der Waals surface area contributed by atoms with E-state index in [1.165, 1.54) is 18.3 Å². The predicted octanol–water partition coefficient (Wildman–Crippen LogP) is 3.62. The lowest BCUT2D eigenvalue weighted by Gasteiger charge is -1.97. The van der Waals surface area contributed by atoms with E-state index < -0.39 is 4.92 Å². The first kappa shape index (κ1) is 16.1. The molecule has 4 aromatic rings. The Morgan fingerprint density at radius 1 is 1.19 bits per heavy atom. The maximum Gasteiger partial charge on any atom is 0.269 e. The summed E-state index contributed by atoms with van der Waals surface area (Å²) in [5.41, 5.74) is 5.61. The fourth-order valence-electron chi connectivity index (χ4n) is 2.44. The Labute approximate surface area is 154 Å². The van der Waals surface area contributed by atoms with Gasteiger partial charge in [0.25, 0.3) is 11.6 Å². The quantitative estimate of drug-likeness (QED) is 0.300. The molecule has 9 nitrogen and oxygen atoms in total. The van der Waals surface area contributed by atoms with Gasteiger partial charge in [0.15, 0.2) is 5.65 Å². The minimum atomic E-state index is -0.452. The molecule has 26 heavy (non-hydrogen) atoms. The molecule has 2 N–H and O–H groups in total. The fraction of sp³-hybridized carbons (Fsp3) is 0. The number of fused-ring (bicyclic) bond motifs is 3. The molecule has 2 aromatic carbocycles. The van der Waals surface area contributed by atoms with Crippen molar-refractivity contribution < 1.29 is 4.92 Å². The molecule has 0 aliphatic carbocycles. The van der Waals surface area contributed by atoms with E-state index in [0.717, 1.165) is 15.4 Å². The maximum absolute atomic E-state index is 10.6. The van der Waals surface area contributed by atoms with Gasteiger partial charge in [-0.2, -0.15) is 10.1 Å². The molecule has 0 aliphatic rings. The number of nitrogens with one attached hydrogen (secondary N) is 2. The number of benzene rings is 2. The highest BCUT2D eigenvalue weighted by atomic mass is 79.9. The summed E-state index contributed by atoms with van der Waals surface area (Å²) in [5.74, 6) is 0.237. The van der Waals surface area contributed by atoms with E-state index in [1.54, 1.807) is 12.1 Å². The molecule has 0 amide bonds. The van der Waals surface area contributed by atoms with Crippen molar-refractivity contribution in [1.82, 2.24) is 20.2 Å². The summed E-state index contributed by atoms with van der Waals surface area (Å²) in [7, 11) is 0. The van der Waals surface area contributed by atoms with Gasteiger partial charge in [0.05, 0.1) is 11.1 Å². The van der Waals surface area contributed by atoms with Crippen molar-refractivity contribution in [3.8, 4) is 0 Å². The zero-order valence-corrected chi connectivity index (χ0v) is 14.6. The van der Waals surface area contributed by atoms with Crippen LogP contribution in [0, 0.1) is 10.1 Å². The lowest BCUT2D eigenvalue weighted by Crippen LogP contribution is -1.99. The monoisotopic (exact) mass is 411 g/mol. The third-order valence-electron chi connectivity index (χ3n) is 3.66. The van der Waals surface area contributed by atoms with Crippen LogP contribution in [0.4, 0.5) is 11.6 Å². The molecule has 0 spiro atoms. The van der Waals surface area contributed by atoms with Crippen molar-refractivity contribution in [2.45, 2.75) is 0 Å².